The Hall–Kier alpha value is 1.26. The van der Waals surface area contributed by atoms with Gasteiger partial charge in [-0.25, -0.2) is 0 Å². The zero-order valence-electron chi connectivity index (χ0n) is 12.7. The van der Waals surface area contributed by atoms with Crippen molar-refractivity contribution < 1.29 is 49.9 Å². The number of ether oxygens (including phenoxy) is 2. The van der Waals surface area contributed by atoms with Crippen LogP contribution in [0.25, 0.3) is 0 Å². The Labute approximate surface area is 165 Å². The van der Waals surface area contributed by atoms with Gasteiger partial charge in [0.2, 0.25) is 0 Å². The van der Waals surface area contributed by atoms with Crippen molar-refractivity contribution in [2.45, 2.75) is 25.7 Å². The quantitative estimate of drug-likeness (QED) is 0.591. The Balaban J connectivity index is 0.000000250. The van der Waals surface area contributed by atoms with Gasteiger partial charge in [-0.1, -0.05) is 0 Å². The van der Waals surface area contributed by atoms with Crippen molar-refractivity contribution >= 4 is 0 Å². The second kappa shape index (κ2) is 19.3. The summed E-state index contributed by atoms with van der Waals surface area (Å²) in [7, 11) is 0. The van der Waals surface area contributed by atoms with Gasteiger partial charge in [0.15, 0.2) is 0 Å². The van der Waals surface area contributed by atoms with Crippen LogP contribution in [0.3, 0.4) is 0 Å². The third-order valence-electron chi connectivity index (χ3n) is 2.77. The first-order chi connectivity index (χ1) is 10.0. The zero-order chi connectivity index (χ0) is 14.1. The monoisotopic (exact) mass is 426 g/mol. The zero-order valence-corrected chi connectivity index (χ0v) is 15.3. The van der Waals surface area contributed by atoms with Gasteiger partial charge in [-0.3, -0.25) is 0 Å². The van der Waals surface area contributed by atoms with Crippen LogP contribution >= 0.6 is 0 Å². The van der Waals surface area contributed by atoms with Gasteiger partial charge < -0.3 is 9.47 Å². The van der Waals surface area contributed by atoms with E-state index < -0.39 is 0 Å². The molecule has 0 aromatic heterocycles. The normalized spacial score (nSPS) is 22.9. The molecule has 0 amide bonds. The Morgan fingerprint density at radius 1 is 0.381 bits per heavy atom. The minimum atomic E-state index is 0. The first-order valence-electron chi connectivity index (χ1n) is 7.49. The second-order valence-electron chi connectivity index (χ2n) is 4.56. The standard InChI is InChI=1S/2C5H5.2C4H8O.Sm/c4*1-2-4-5-3-1;/h2*1-5H;2*1-4H2;. The van der Waals surface area contributed by atoms with Crippen LogP contribution in [0.5, 0.6) is 0 Å². The van der Waals surface area contributed by atoms with E-state index in [1.54, 1.807) is 0 Å². The summed E-state index contributed by atoms with van der Waals surface area (Å²) in [4.78, 5) is 0. The smallest absolute Gasteiger partial charge is 0.0466 e. The molecule has 2 saturated heterocycles. The van der Waals surface area contributed by atoms with Gasteiger partial charge in [0.25, 0.3) is 0 Å². The van der Waals surface area contributed by atoms with Gasteiger partial charge in [0.05, 0.1) is 0 Å². The number of hydrogen-bond acceptors (Lipinski definition) is 2. The van der Waals surface area contributed by atoms with Crippen molar-refractivity contribution in [3.05, 3.63) is 64.2 Å². The minimum Gasteiger partial charge on any atom is -0.381 e. The molecule has 0 atom stereocenters. The third-order valence-corrected chi connectivity index (χ3v) is 2.77. The van der Waals surface area contributed by atoms with E-state index in [2.05, 4.69) is 0 Å². The molecule has 0 aromatic rings. The molecule has 4 rings (SSSR count). The molecule has 0 unspecified atom stereocenters. The maximum atomic E-state index is 4.94. The average Bonchev–Trinajstić information content (AvgIpc) is 3.40. The summed E-state index contributed by atoms with van der Waals surface area (Å²) in [5.41, 5.74) is 0. The van der Waals surface area contributed by atoms with Gasteiger partial charge in [-0.05, 0) is 89.9 Å². The topological polar surface area (TPSA) is 18.5 Å². The summed E-state index contributed by atoms with van der Waals surface area (Å²) in [6.07, 6.45) is 25.1. The summed E-state index contributed by atoms with van der Waals surface area (Å²) in [5, 5.41) is 0. The molecule has 0 aromatic carbocycles. The van der Waals surface area contributed by atoms with Crippen molar-refractivity contribution in [3.63, 3.8) is 0 Å². The maximum Gasteiger partial charge on any atom is 0.0466 e. The molecule has 2 aliphatic carbocycles. The second-order valence-corrected chi connectivity index (χ2v) is 4.56. The van der Waals surface area contributed by atoms with Crippen molar-refractivity contribution in [2.75, 3.05) is 26.4 Å². The van der Waals surface area contributed by atoms with Crippen LogP contribution in [0.1, 0.15) is 25.7 Å². The molecule has 116 valence electrons. The molecule has 0 N–H and O–H groups in total. The molecule has 3 heteroatoms. The van der Waals surface area contributed by atoms with E-state index in [1.165, 1.54) is 25.7 Å². The molecule has 10 radical (unpaired) electrons. The summed E-state index contributed by atoms with van der Waals surface area (Å²) in [5.74, 6) is 0. The first-order valence-corrected chi connectivity index (χ1v) is 7.49. The van der Waals surface area contributed by atoms with Gasteiger partial charge >= 0.3 is 0 Å². The Morgan fingerprint density at radius 2 is 0.571 bits per heavy atom. The van der Waals surface area contributed by atoms with E-state index in [4.69, 9.17) is 9.47 Å². The fourth-order valence-electron chi connectivity index (χ4n) is 1.66. The average molecular weight is 425 g/mol. The molecule has 0 bridgehead atoms. The van der Waals surface area contributed by atoms with E-state index >= 15 is 0 Å². The van der Waals surface area contributed by atoms with Gasteiger partial charge in [0, 0.05) is 66.8 Å². The van der Waals surface area contributed by atoms with Gasteiger partial charge in [0.1, 0.15) is 0 Å². The molecule has 2 aliphatic heterocycles. The Morgan fingerprint density at radius 3 is 0.667 bits per heavy atom. The van der Waals surface area contributed by atoms with E-state index in [9.17, 15) is 0 Å². The fraction of sp³-hybridized carbons (Fsp3) is 0.444. The molecule has 4 aliphatic rings. The van der Waals surface area contributed by atoms with E-state index in [1.807, 2.05) is 64.2 Å². The molecule has 2 heterocycles. The van der Waals surface area contributed by atoms with Crippen LogP contribution in [0.4, 0.5) is 0 Å². The van der Waals surface area contributed by atoms with Gasteiger partial charge in [-0.2, -0.15) is 0 Å². The molecular formula is C18H26O2Sm. The number of rotatable bonds is 0. The largest absolute Gasteiger partial charge is 0.381 e. The van der Waals surface area contributed by atoms with E-state index in [-0.39, 0.29) is 40.4 Å². The number of hydrogen-bond donors (Lipinski definition) is 0. The van der Waals surface area contributed by atoms with Crippen LogP contribution in [-0.4, -0.2) is 26.4 Å². The van der Waals surface area contributed by atoms with Crippen LogP contribution in [0.15, 0.2) is 0 Å². The Bertz CT molecular complexity index is 102. The van der Waals surface area contributed by atoms with E-state index in [0.717, 1.165) is 26.4 Å². The van der Waals surface area contributed by atoms with Crippen LogP contribution in [0.2, 0.25) is 0 Å². The SMILES string of the molecule is C1CCOC1.C1CCOC1.[CH]1[CH][CH][CH][CH]1.[CH]1[CH][CH][CH][CH]1.[Sm]. The molecule has 2 saturated carbocycles. The maximum absolute atomic E-state index is 4.94. The van der Waals surface area contributed by atoms with Gasteiger partial charge in [-0.15, -0.1) is 0 Å². The fourth-order valence-corrected chi connectivity index (χ4v) is 1.66. The van der Waals surface area contributed by atoms with Crippen molar-refractivity contribution in [1.82, 2.24) is 0 Å². The minimum absolute atomic E-state index is 0. The van der Waals surface area contributed by atoms with Crippen molar-refractivity contribution in [3.8, 4) is 0 Å². The molecule has 0 spiro atoms. The third kappa shape index (κ3) is 17.4. The molecule has 2 nitrogen and oxygen atoms in total. The Kier molecular flexibility index (Phi) is 20.5. The summed E-state index contributed by atoms with van der Waals surface area (Å²) < 4.78 is 9.89. The van der Waals surface area contributed by atoms with Crippen LogP contribution in [-0.2, 0) is 9.47 Å². The first kappa shape index (κ1) is 22.3. The van der Waals surface area contributed by atoms with Crippen LogP contribution < -0.4 is 0 Å². The summed E-state index contributed by atoms with van der Waals surface area (Å²) in [6.45, 7) is 4.00. The van der Waals surface area contributed by atoms with E-state index in [0.29, 0.717) is 0 Å². The molecule has 21 heavy (non-hydrogen) atoms. The summed E-state index contributed by atoms with van der Waals surface area (Å²) in [6, 6.07) is 0. The summed E-state index contributed by atoms with van der Waals surface area (Å²) >= 11 is 0. The van der Waals surface area contributed by atoms with Crippen molar-refractivity contribution in [2.24, 2.45) is 0 Å². The predicted molar refractivity (Wildman–Crippen MR) is 83.1 cm³/mol. The predicted octanol–water partition coefficient (Wildman–Crippen LogP) is 3.64. The van der Waals surface area contributed by atoms with Crippen molar-refractivity contribution in [1.29, 1.82) is 0 Å². The van der Waals surface area contributed by atoms with Crippen LogP contribution in [0, 0.1) is 105 Å². The molecular weight excluding hydrogens is 399 g/mol. The molecule has 4 fully saturated rings.